The van der Waals surface area contributed by atoms with Gasteiger partial charge in [0.1, 0.15) is 17.3 Å². The molecule has 0 fully saturated rings. The third kappa shape index (κ3) is 2.87. The van der Waals surface area contributed by atoms with Gasteiger partial charge in [0.2, 0.25) is 0 Å². The maximum absolute atomic E-state index is 6.32. The van der Waals surface area contributed by atoms with E-state index in [0.29, 0.717) is 0 Å². The van der Waals surface area contributed by atoms with Crippen molar-refractivity contribution in [3.05, 3.63) is 35.7 Å². The van der Waals surface area contributed by atoms with Crippen LogP contribution in [0.4, 0.5) is 5.82 Å². The molecule has 0 aliphatic heterocycles. The Morgan fingerprint density at radius 3 is 2.30 bits per heavy atom. The topological polar surface area (TPSA) is 43.8 Å². The minimum Gasteiger partial charge on any atom is -0.383 e. The van der Waals surface area contributed by atoms with Crippen molar-refractivity contribution in [1.82, 2.24) is 9.55 Å². The van der Waals surface area contributed by atoms with E-state index in [1.807, 2.05) is 0 Å². The third-order valence-corrected chi connectivity index (χ3v) is 3.64. The van der Waals surface area contributed by atoms with E-state index in [-0.39, 0.29) is 0 Å². The van der Waals surface area contributed by atoms with Crippen molar-refractivity contribution in [1.29, 1.82) is 0 Å². The van der Waals surface area contributed by atoms with Gasteiger partial charge in [-0.2, -0.15) is 0 Å². The third-order valence-electron chi connectivity index (χ3n) is 3.64. The van der Waals surface area contributed by atoms with Crippen LogP contribution in [-0.2, 0) is 19.4 Å². The van der Waals surface area contributed by atoms with Crippen LogP contribution in [0, 0.1) is 0 Å². The predicted octanol–water partition coefficient (Wildman–Crippen LogP) is 4.06. The zero-order chi connectivity index (χ0) is 14.5. The molecule has 0 atom stereocenters. The zero-order valence-corrected chi connectivity index (χ0v) is 12.8. The van der Waals surface area contributed by atoms with Crippen molar-refractivity contribution >= 4 is 5.82 Å². The fraction of sp³-hybridized carbons (Fsp3) is 0.471. The number of nitrogen functional groups attached to an aromatic ring is 1. The second-order valence-electron chi connectivity index (χ2n) is 5.21. The Morgan fingerprint density at radius 1 is 1.05 bits per heavy atom. The average Bonchev–Trinajstić information content (AvgIpc) is 2.77. The standard InChI is InChI=1S/C17H25N3/c1-4-7-15-19-16(17(18)20(15)12-5-2)14-10-8-13(6-3)9-11-14/h8-11H,4-7,12,18H2,1-3H3. The molecule has 0 spiro atoms. The molecule has 20 heavy (non-hydrogen) atoms. The van der Waals surface area contributed by atoms with Gasteiger partial charge in [0.15, 0.2) is 0 Å². The van der Waals surface area contributed by atoms with E-state index in [0.717, 1.165) is 55.1 Å². The van der Waals surface area contributed by atoms with E-state index in [9.17, 15) is 0 Å². The van der Waals surface area contributed by atoms with Crippen molar-refractivity contribution in [2.24, 2.45) is 0 Å². The van der Waals surface area contributed by atoms with Crippen LogP contribution in [0.5, 0.6) is 0 Å². The highest BCUT2D eigenvalue weighted by Gasteiger charge is 2.14. The Hall–Kier alpha value is -1.77. The van der Waals surface area contributed by atoms with Gasteiger partial charge in [-0.25, -0.2) is 4.98 Å². The number of hydrogen-bond donors (Lipinski definition) is 1. The summed E-state index contributed by atoms with van der Waals surface area (Å²) in [6.45, 7) is 7.46. The largest absolute Gasteiger partial charge is 0.383 e. The summed E-state index contributed by atoms with van der Waals surface area (Å²) in [5.41, 5.74) is 9.72. The van der Waals surface area contributed by atoms with Crippen LogP contribution >= 0.6 is 0 Å². The number of aromatic nitrogens is 2. The van der Waals surface area contributed by atoms with Gasteiger partial charge < -0.3 is 10.3 Å². The first-order valence-corrected chi connectivity index (χ1v) is 7.65. The summed E-state index contributed by atoms with van der Waals surface area (Å²) in [7, 11) is 0. The van der Waals surface area contributed by atoms with Gasteiger partial charge >= 0.3 is 0 Å². The molecule has 0 saturated carbocycles. The lowest BCUT2D eigenvalue weighted by Crippen LogP contribution is -2.06. The number of hydrogen-bond acceptors (Lipinski definition) is 2. The SMILES string of the molecule is CCCc1nc(-c2ccc(CC)cc2)c(N)n1CCC. The molecule has 1 aromatic carbocycles. The van der Waals surface area contributed by atoms with E-state index in [1.54, 1.807) is 0 Å². The molecule has 0 unspecified atom stereocenters. The van der Waals surface area contributed by atoms with E-state index in [4.69, 9.17) is 10.7 Å². The molecule has 1 aromatic heterocycles. The summed E-state index contributed by atoms with van der Waals surface area (Å²) >= 11 is 0. The van der Waals surface area contributed by atoms with Gasteiger partial charge in [0.25, 0.3) is 0 Å². The van der Waals surface area contributed by atoms with E-state index < -0.39 is 0 Å². The van der Waals surface area contributed by atoms with Crippen molar-refractivity contribution < 1.29 is 0 Å². The Morgan fingerprint density at radius 2 is 1.75 bits per heavy atom. The number of aryl methyl sites for hydroxylation is 2. The van der Waals surface area contributed by atoms with E-state index in [2.05, 4.69) is 49.6 Å². The van der Waals surface area contributed by atoms with Crippen molar-refractivity contribution in [2.75, 3.05) is 5.73 Å². The highest BCUT2D eigenvalue weighted by Crippen LogP contribution is 2.27. The molecule has 0 aliphatic carbocycles. The molecule has 3 nitrogen and oxygen atoms in total. The molecule has 3 heteroatoms. The monoisotopic (exact) mass is 271 g/mol. The summed E-state index contributed by atoms with van der Waals surface area (Å²) < 4.78 is 2.17. The number of nitrogens with zero attached hydrogens (tertiary/aromatic N) is 2. The van der Waals surface area contributed by atoms with Crippen LogP contribution in [0.3, 0.4) is 0 Å². The van der Waals surface area contributed by atoms with Crippen LogP contribution in [0.2, 0.25) is 0 Å². The molecular weight excluding hydrogens is 246 g/mol. The summed E-state index contributed by atoms with van der Waals surface area (Å²) in [5, 5.41) is 0. The summed E-state index contributed by atoms with van der Waals surface area (Å²) in [6, 6.07) is 8.58. The van der Waals surface area contributed by atoms with Crippen LogP contribution < -0.4 is 5.73 Å². The van der Waals surface area contributed by atoms with E-state index in [1.165, 1.54) is 5.56 Å². The minimum absolute atomic E-state index is 0.805. The first-order chi connectivity index (χ1) is 9.71. The van der Waals surface area contributed by atoms with Crippen LogP contribution in [0.1, 0.15) is 45.0 Å². The average molecular weight is 271 g/mol. The molecular formula is C17H25N3. The predicted molar refractivity (Wildman–Crippen MR) is 85.7 cm³/mol. The number of anilines is 1. The number of imidazole rings is 1. The number of nitrogens with two attached hydrogens (primary N) is 1. The van der Waals surface area contributed by atoms with Gasteiger partial charge in [-0.15, -0.1) is 0 Å². The first kappa shape index (κ1) is 14.6. The molecule has 0 saturated heterocycles. The second kappa shape index (κ2) is 6.60. The van der Waals surface area contributed by atoms with Gasteiger partial charge in [0.05, 0.1) is 0 Å². The molecule has 0 radical (unpaired) electrons. The lowest BCUT2D eigenvalue weighted by atomic mass is 10.1. The van der Waals surface area contributed by atoms with Gasteiger partial charge in [-0.3, -0.25) is 0 Å². The van der Waals surface area contributed by atoms with Crippen LogP contribution in [-0.4, -0.2) is 9.55 Å². The molecule has 0 bridgehead atoms. The maximum atomic E-state index is 6.32. The van der Waals surface area contributed by atoms with Crippen LogP contribution in [0.25, 0.3) is 11.3 Å². The Balaban J connectivity index is 2.41. The molecule has 2 aromatic rings. The summed E-state index contributed by atoms with van der Waals surface area (Å²) in [4.78, 5) is 4.78. The van der Waals surface area contributed by atoms with Crippen LogP contribution in [0.15, 0.2) is 24.3 Å². The molecule has 1 heterocycles. The van der Waals surface area contributed by atoms with Crippen molar-refractivity contribution in [3.63, 3.8) is 0 Å². The van der Waals surface area contributed by atoms with Crippen molar-refractivity contribution in [2.45, 2.75) is 53.0 Å². The fourth-order valence-electron chi connectivity index (χ4n) is 2.51. The van der Waals surface area contributed by atoms with E-state index >= 15 is 0 Å². The smallest absolute Gasteiger partial charge is 0.131 e. The molecule has 2 rings (SSSR count). The molecule has 0 amide bonds. The Labute approximate surface area is 121 Å². The van der Waals surface area contributed by atoms with Crippen molar-refractivity contribution in [3.8, 4) is 11.3 Å². The zero-order valence-electron chi connectivity index (χ0n) is 12.8. The quantitative estimate of drug-likeness (QED) is 0.861. The van der Waals surface area contributed by atoms with Gasteiger partial charge in [-0.05, 0) is 24.8 Å². The number of rotatable bonds is 6. The molecule has 2 N–H and O–H groups in total. The van der Waals surface area contributed by atoms with Gasteiger partial charge in [-0.1, -0.05) is 45.0 Å². The lowest BCUT2D eigenvalue weighted by Gasteiger charge is -2.07. The Bertz CT molecular complexity index is 552. The normalized spacial score (nSPS) is 10.9. The minimum atomic E-state index is 0.805. The second-order valence-corrected chi connectivity index (χ2v) is 5.21. The first-order valence-electron chi connectivity index (χ1n) is 7.65. The number of benzene rings is 1. The van der Waals surface area contributed by atoms with Gasteiger partial charge in [0, 0.05) is 18.5 Å². The summed E-state index contributed by atoms with van der Waals surface area (Å²) in [6.07, 6.45) is 4.21. The summed E-state index contributed by atoms with van der Waals surface area (Å²) in [5.74, 6) is 1.92. The molecule has 108 valence electrons. The fourth-order valence-corrected chi connectivity index (χ4v) is 2.51. The maximum Gasteiger partial charge on any atom is 0.131 e. The molecule has 0 aliphatic rings. The highest BCUT2D eigenvalue weighted by molar-refractivity contribution is 5.71. The lowest BCUT2D eigenvalue weighted by molar-refractivity contribution is 0.637. The Kier molecular flexibility index (Phi) is 4.83. The highest BCUT2D eigenvalue weighted by atomic mass is 15.1.